The molecule has 1 atom stereocenters. The summed E-state index contributed by atoms with van der Waals surface area (Å²) < 4.78 is 7.46. The van der Waals surface area contributed by atoms with Gasteiger partial charge in [-0.3, -0.25) is 9.89 Å². The van der Waals surface area contributed by atoms with Crippen molar-refractivity contribution in [3.63, 3.8) is 0 Å². The number of aromatic nitrogens is 5. The van der Waals surface area contributed by atoms with Crippen LogP contribution in [0.5, 0.6) is 0 Å². The third kappa shape index (κ3) is 3.02. The second kappa shape index (κ2) is 6.83. The quantitative estimate of drug-likeness (QED) is 0.901. The molecule has 140 valence electrons. The van der Waals surface area contributed by atoms with E-state index in [0.717, 1.165) is 42.2 Å². The number of aromatic amines is 1. The molecule has 4 rings (SSSR count). The summed E-state index contributed by atoms with van der Waals surface area (Å²) in [5.74, 6) is 2.31. The van der Waals surface area contributed by atoms with E-state index in [0.29, 0.717) is 37.9 Å². The van der Waals surface area contributed by atoms with Crippen LogP contribution in [-0.4, -0.2) is 48.9 Å². The molecule has 0 saturated heterocycles. The predicted molar refractivity (Wildman–Crippen MR) is 94.6 cm³/mol. The Morgan fingerprint density at radius 2 is 2.23 bits per heavy atom. The van der Waals surface area contributed by atoms with Crippen molar-refractivity contribution >= 4 is 5.91 Å². The van der Waals surface area contributed by atoms with E-state index in [1.165, 1.54) is 0 Å². The molecule has 4 heterocycles. The zero-order valence-corrected chi connectivity index (χ0v) is 15.7. The van der Waals surface area contributed by atoms with E-state index in [4.69, 9.17) is 9.72 Å². The van der Waals surface area contributed by atoms with Crippen LogP contribution in [0.4, 0.5) is 0 Å². The maximum absolute atomic E-state index is 13.1. The number of amides is 1. The number of fused-ring (bicyclic) bond motifs is 2. The van der Waals surface area contributed by atoms with Gasteiger partial charge >= 0.3 is 0 Å². The SMILES string of the molecule is CC(C)CCc1nc2n(n1)CCN(C(=O)c1n[nH]c3c1COCC3)[C@@H]2C. The van der Waals surface area contributed by atoms with Crippen LogP contribution in [0.25, 0.3) is 0 Å². The van der Waals surface area contributed by atoms with Gasteiger partial charge in [0, 0.05) is 30.6 Å². The normalized spacial score (nSPS) is 19.5. The summed E-state index contributed by atoms with van der Waals surface area (Å²) in [6.45, 7) is 8.82. The Morgan fingerprint density at radius 3 is 3.04 bits per heavy atom. The summed E-state index contributed by atoms with van der Waals surface area (Å²) >= 11 is 0. The molecule has 8 nitrogen and oxygen atoms in total. The maximum Gasteiger partial charge on any atom is 0.275 e. The van der Waals surface area contributed by atoms with E-state index < -0.39 is 0 Å². The highest BCUT2D eigenvalue weighted by Gasteiger charge is 2.34. The fourth-order valence-electron chi connectivity index (χ4n) is 3.64. The Kier molecular flexibility index (Phi) is 4.52. The highest BCUT2D eigenvalue weighted by molar-refractivity contribution is 5.94. The fraction of sp³-hybridized carbons (Fsp3) is 0.667. The number of hydrogen-bond donors (Lipinski definition) is 1. The number of nitrogens with one attached hydrogen (secondary N) is 1. The van der Waals surface area contributed by atoms with E-state index in [1.54, 1.807) is 0 Å². The maximum atomic E-state index is 13.1. The van der Waals surface area contributed by atoms with Gasteiger partial charge in [0.2, 0.25) is 0 Å². The number of hydrogen-bond acceptors (Lipinski definition) is 5. The molecule has 2 aromatic heterocycles. The van der Waals surface area contributed by atoms with Crippen LogP contribution in [0.1, 0.15) is 66.6 Å². The Morgan fingerprint density at radius 1 is 1.38 bits per heavy atom. The van der Waals surface area contributed by atoms with Crippen LogP contribution in [-0.2, 0) is 30.7 Å². The smallest absolute Gasteiger partial charge is 0.275 e. The fourth-order valence-corrected chi connectivity index (χ4v) is 3.64. The molecule has 2 aliphatic heterocycles. The number of H-pyrrole nitrogens is 1. The largest absolute Gasteiger partial charge is 0.376 e. The molecule has 8 heteroatoms. The third-order valence-corrected chi connectivity index (χ3v) is 5.24. The Bertz CT molecular complexity index is 809. The third-order valence-electron chi connectivity index (χ3n) is 5.24. The summed E-state index contributed by atoms with van der Waals surface area (Å²) in [4.78, 5) is 19.7. The number of aryl methyl sites for hydroxylation is 1. The predicted octanol–water partition coefficient (Wildman–Crippen LogP) is 1.88. The highest BCUT2D eigenvalue weighted by atomic mass is 16.5. The number of nitrogens with zero attached hydrogens (tertiary/aromatic N) is 5. The first-order valence-corrected chi connectivity index (χ1v) is 9.43. The van der Waals surface area contributed by atoms with Crippen molar-refractivity contribution in [3.05, 3.63) is 28.6 Å². The number of ether oxygens (including phenoxy) is 1. The van der Waals surface area contributed by atoms with Crippen molar-refractivity contribution in [2.24, 2.45) is 5.92 Å². The second-order valence-corrected chi connectivity index (χ2v) is 7.55. The minimum Gasteiger partial charge on any atom is -0.376 e. The topological polar surface area (TPSA) is 88.9 Å². The number of rotatable bonds is 4. The van der Waals surface area contributed by atoms with Gasteiger partial charge in [-0.1, -0.05) is 13.8 Å². The molecule has 2 aromatic rings. The van der Waals surface area contributed by atoms with Crippen LogP contribution < -0.4 is 0 Å². The van der Waals surface area contributed by atoms with Gasteiger partial charge in [0.05, 0.1) is 25.8 Å². The average Bonchev–Trinajstić information content (AvgIpc) is 3.24. The monoisotopic (exact) mass is 358 g/mol. The van der Waals surface area contributed by atoms with Crippen molar-refractivity contribution in [2.45, 2.75) is 59.2 Å². The summed E-state index contributed by atoms with van der Waals surface area (Å²) in [5.41, 5.74) is 2.40. The molecule has 0 bridgehead atoms. The molecule has 0 radical (unpaired) electrons. The zero-order chi connectivity index (χ0) is 18.3. The molecule has 1 N–H and O–H groups in total. The van der Waals surface area contributed by atoms with Gasteiger partial charge in [-0.05, 0) is 19.3 Å². The molecular formula is C18H26N6O2. The Balaban J connectivity index is 1.54. The van der Waals surface area contributed by atoms with Crippen molar-refractivity contribution in [1.82, 2.24) is 29.9 Å². The Labute approximate surface area is 152 Å². The number of carbonyl (C=O) groups excluding carboxylic acids is 1. The van der Waals surface area contributed by atoms with E-state index in [-0.39, 0.29) is 11.9 Å². The molecule has 0 fully saturated rings. The second-order valence-electron chi connectivity index (χ2n) is 7.55. The van der Waals surface area contributed by atoms with Crippen LogP contribution in [0.2, 0.25) is 0 Å². The van der Waals surface area contributed by atoms with Crippen molar-refractivity contribution in [1.29, 1.82) is 0 Å². The lowest BCUT2D eigenvalue weighted by atomic mass is 10.1. The minimum absolute atomic E-state index is 0.0570. The lowest BCUT2D eigenvalue weighted by molar-refractivity contribution is 0.0614. The van der Waals surface area contributed by atoms with Gasteiger partial charge in [0.15, 0.2) is 11.5 Å². The van der Waals surface area contributed by atoms with Crippen LogP contribution in [0.3, 0.4) is 0 Å². The summed E-state index contributed by atoms with van der Waals surface area (Å²) in [7, 11) is 0. The van der Waals surface area contributed by atoms with Gasteiger partial charge < -0.3 is 9.64 Å². The molecule has 0 unspecified atom stereocenters. The Hall–Kier alpha value is -2.22. The molecule has 0 spiro atoms. The van der Waals surface area contributed by atoms with Crippen LogP contribution >= 0.6 is 0 Å². The molecule has 0 aliphatic carbocycles. The van der Waals surface area contributed by atoms with Crippen molar-refractivity contribution < 1.29 is 9.53 Å². The van der Waals surface area contributed by atoms with Crippen molar-refractivity contribution in [3.8, 4) is 0 Å². The molecule has 1 amide bonds. The summed E-state index contributed by atoms with van der Waals surface area (Å²) in [6, 6.07) is -0.117. The summed E-state index contributed by atoms with van der Waals surface area (Å²) in [6.07, 6.45) is 2.72. The molecular weight excluding hydrogens is 332 g/mol. The first-order valence-electron chi connectivity index (χ1n) is 9.43. The molecule has 2 aliphatic rings. The van der Waals surface area contributed by atoms with Crippen molar-refractivity contribution in [2.75, 3.05) is 13.2 Å². The zero-order valence-electron chi connectivity index (χ0n) is 15.7. The van der Waals surface area contributed by atoms with E-state index in [2.05, 4.69) is 29.1 Å². The van der Waals surface area contributed by atoms with E-state index >= 15 is 0 Å². The molecule has 0 saturated carbocycles. The highest BCUT2D eigenvalue weighted by Crippen LogP contribution is 2.27. The number of carbonyl (C=O) groups is 1. The van der Waals surface area contributed by atoms with Gasteiger partial charge in [-0.15, -0.1) is 0 Å². The van der Waals surface area contributed by atoms with E-state index in [9.17, 15) is 4.79 Å². The summed E-state index contributed by atoms with van der Waals surface area (Å²) in [5, 5.41) is 11.9. The minimum atomic E-state index is -0.117. The van der Waals surface area contributed by atoms with Crippen LogP contribution in [0.15, 0.2) is 0 Å². The van der Waals surface area contributed by atoms with Gasteiger partial charge in [-0.2, -0.15) is 10.2 Å². The van der Waals surface area contributed by atoms with E-state index in [1.807, 2.05) is 16.5 Å². The first kappa shape index (κ1) is 17.2. The molecule has 0 aromatic carbocycles. The van der Waals surface area contributed by atoms with Gasteiger partial charge in [0.25, 0.3) is 5.91 Å². The average molecular weight is 358 g/mol. The first-order chi connectivity index (χ1) is 12.5. The lowest BCUT2D eigenvalue weighted by Gasteiger charge is -2.32. The van der Waals surface area contributed by atoms with Gasteiger partial charge in [-0.25, -0.2) is 9.67 Å². The standard InChI is InChI=1S/C18H26N6O2/c1-11(2)4-5-15-19-17-12(3)23(7-8-24(17)22-15)18(25)16-13-10-26-9-6-14(13)20-21-16/h11-12H,4-10H2,1-3H3,(H,20,21)/t12-/m1/s1. The van der Waals surface area contributed by atoms with Gasteiger partial charge in [0.1, 0.15) is 5.82 Å². The lowest BCUT2D eigenvalue weighted by Crippen LogP contribution is -2.42. The molecule has 26 heavy (non-hydrogen) atoms. The van der Waals surface area contributed by atoms with Crippen LogP contribution in [0, 0.1) is 5.92 Å².